The molecule has 0 fully saturated rings. The van der Waals surface area contributed by atoms with E-state index in [4.69, 9.17) is 23.4 Å². The number of rotatable bonds is 32. The molecule has 8 aromatic rings. The molecule has 0 saturated carbocycles. The van der Waals surface area contributed by atoms with Crippen LogP contribution in [0.25, 0.3) is 56.3 Å². The SMILES string of the molecule is CCCCCCOc1cc(-c2ccc(-c3nnc(-c4ccc(-c5cc(OCCCCCC)c(-c6ccc(N(c7ccccc7)c7ccc(C)cc7)cc6)cc5OCCCCCC)cc4)o3)cc2)c(OCCCCCC)cc1C. The van der Waals surface area contributed by atoms with Gasteiger partial charge < -0.3 is 28.3 Å². The quantitative estimate of drug-likeness (QED) is 0.0386. The van der Waals surface area contributed by atoms with Crippen LogP contribution in [0.1, 0.15) is 142 Å². The van der Waals surface area contributed by atoms with E-state index in [9.17, 15) is 0 Å². The van der Waals surface area contributed by atoms with Crippen molar-refractivity contribution in [3.8, 4) is 79.3 Å². The zero-order chi connectivity index (χ0) is 54.3. The first-order valence-corrected chi connectivity index (χ1v) is 29.3. The highest BCUT2D eigenvalue weighted by molar-refractivity contribution is 5.84. The molecule has 8 nitrogen and oxygen atoms in total. The summed E-state index contributed by atoms with van der Waals surface area (Å²) in [5, 5.41) is 9.06. The molecule has 7 aromatic carbocycles. The minimum absolute atomic E-state index is 0.453. The average molecular weight is 1050 g/mol. The van der Waals surface area contributed by atoms with Crippen LogP contribution in [0, 0.1) is 13.8 Å². The molecule has 8 heteroatoms. The standard InChI is InChI=1S/C70H83N3O5/c1-7-11-15-22-44-74-65-49-62(66(48-53(65)6)75-45-23-16-12-8-2)54-30-34-57(35-31-54)69-71-72-70(78-69)58-36-32-55(33-37-58)63-50-68(77-47-25-18-14-10-4)64(51-67(63)76-46-24-17-13-9-3)56-38-42-61(43-39-56)73(59-26-20-19-21-27-59)60-40-28-52(5)29-41-60/h19-21,26-43,48-51H,7-18,22-25,44-47H2,1-6H3. The van der Waals surface area contributed by atoms with Gasteiger partial charge in [-0.2, -0.15) is 0 Å². The summed E-state index contributed by atoms with van der Waals surface area (Å²) in [6, 6.07) is 53.3. The maximum absolute atomic E-state index is 6.77. The van der Waals surface area contributed by atoms with E-state index >= 15 is 0 Å². The Morgan fingerprint density at radius 2 is 0.679 bits per heavy atom. The number of hydrogen-bond donors (Lipinski definition) is 0. The van der Waals surface area contributed by atoms with Crippen LogP contribution in [0.5, 0.6) is 23.0 Å². The summed E-state index contributed by atoms with van der Waals surface area (Å²) in [7, 11) is 0. The smallest absolute Gasteiger partial charge is 0.248 e. The van der Waals surface area contributed by atoms with E-state index in [1.165, 1.54) is 63.4 Å². The summed E-state index contributed by atoms with van der Waals surface area (Å²) >= 11 is 0. The zero-order valence-corrected chi connectivity index (χ0v) is 47.5. The molecule has 0 amide bonds. The van der Waals surface area contributed by atoms with Crippen LogP contribution in [0.15, 0.2) is 156 Å². The molecule has 0 unspecified atom stereocenters. The Bertz CT molecular complexity index is 3020. The topological polar surface area (TPSA) is 79.1 Å². The zero-order valence-electron chi connectivity index (χ0n) is 47.5. The van der Waals surface area contributed by atoms with Crippen LogP contribution < -0.4 is 23.8 Å². The Labute approximate surface area is 466 Å². The Balaban J connectivity index is 1.06. The third-order valence-corrected chi connectivity index (χ3v) is 14.4. The lowest BCUT2D eigenvalue weighted by Gasteiger charge is -2.26. The van der Waals surface area contributed by atoms with Crippen LogP contribution >= 0.6 is 0 Å². The fourth-order valence-corrected chi connectivity index (χ4v) is 9.81. The first-order chi connectivity index (χ1) is 38.4. The second-order valence-corrected chi connectivity index (χ2v) is 20.7. The molecule has 0 aliphatic heterocycles. The number of nitrogens with zero attached hydrogens (tertiary/aromatic N) is 3. The molecule has 1 heterocycles. The highest BCUT2D eigenvalue weighted by Gasteiger charge is 2.20. The normalized spacial score (nSPS) is 11.2. The molecule has 78 heavy (non-hydrogen) atoms. The summed E-state index contributed by atoms with van der Waals surface area (Å²) in [4.78, 5) is 2.30. The van der Waals surface area contributed by atoms with Crippen molar-refractivity contribution in [1.82, 2.24) is 10.2 Å². The third kappa shape index (κ3) is 15.7. The lowest BCUT2D eigenvalue weighted by molar-refractivity contribution is 0.296. The fourth-order valence-electron chi connectivity index (χ4n) is 9.81. The Kier molecular flexibility index (Phi) is 21.9. The van der Waals surface area contributed by atoms with Gasteiger partial charge >= 0.3 is 0 Å². The van der Waals surface area contributed by atoms with Gasteiger partial charge in [-0.1, -0.05) is 177 Å². The second-order valence-electron chi connectivity index (χ2n) is 20.7. The predicted octanol–water partition coefficient (Wildman–Crippen LogP) is 20.3. The summed E-state index contributed by atoms with van der Waals surface area (Å²) in [6.45, 7) is 15.8. The van der Waals surface area contributed by atoms with Gasteiger partial charge in [0.1, 0.15) is 23.0 Å². The molecule has 0 bridgehead atoms. The van der Waals surface area contributed by atoms with Crippen molar-refractivity contribution in [2.75, 3.05) is 31.3 Å². The van der Waals surface area contributed by atoms with Crippen molar-refractivity contribution in [2.45, 2.75) is 144 Å². The van der Waals surface area contributed by atoms with Crippen molar-refractivity contribution in [3.63, 3.8) is 0 Å². The van der Waals surface area contributed by atoms with E-state index in [0.29, 0.717) is 38.2 Å². The van der Waals surface area contributed by atoms with Gasteiger partial charge in [-0.3, -0.25) is 0 Å². The van der Waals surface area contributed by atoms with Gasteiger partial charge in [-0.05, 0) is 147 Å². The minimum Gasteiger partial charge on any atom is -0.493 e. The maximum atomic E-state index is 6.77. The van der Waals surface area contributed by atoms with Crippen LogP contribution in [-0.4, -0.2) is 36.6 Å². The van der Waals surface area contributed by atoms with Gasteiger partial charge in [0.25, 0.3) is 0 Å². The molecule has 0 saturated heterocycles. The largest absolute Gasteiger partial charge is 0.493 e. The van der Waals surface area contributed by atoms with Gasteiger partial charge in [0.15, 0.2) is 0 Å². The third-order valence-electron chi connectivity index (χ3n) is 14.4. The highest BCUT2D eigenvalue weighted by atomic mass is 16.5. The Morgan fingerprint density at radius 1 is 0.346 bits per heavy atom. The molecule has 1 aromatic heterocycles. The van der Waals surface area contributed by atoms with Crippen LogP contribution in [0.3, 0.4) is 0 Å². The number of hydrogen-bond acceptors (Lipinski definition) is 8. The summed E-state index contributed by atoms with van der Waals surface area (Å²) in [6.07, 6.45) is 18.2. The van der Waals surface area contributed by atoms with E-state index in [0.717, 1.165) is 135 Å². The second kappa shape index (κ2) is 30.0. The van der Waals surface area contributed by atoms with Gasteiger partial charge in [-0.25, -0.2) is 0 Å². The van der Waals surface area contributed by atoms with Crippen molar-refractivity contribution in [1.29, 1.82) is 0 Å². The van der Waals surface area contributed by atoms with Gasteiger partial charge in [0, 0.05) is 44.9 Å². The fraction of sp³-hybridized carbons (Fsp3) is 0.371. The van der Waals surface area contributed by atoms with Crippen molar-refractivity contribution < 1.29 is 23.4 Å². The molecule has 8 rings (SSSR count). The van der Waals surface area contributed by atoms with Gasteiger partial charge in [0.05, 0.1) is 26.4 Å². The first-order valence-electron chi connectivity index (χ1n) is 29.3. The van der Waals surface area contributed by atoms with Crippen LogP contribution in [0.2, 0.25) is 0 Å². The molecule has 0 atom stereocenters. The van der Waals surface area contributed by atoms with E-state index in [1.807, 2.05) is 12.1 Å². The van der Waals surface area contributed by atoms with E-state index in [2.05, 4.69) is 196 Å². The number of benzene rings is 7. The minimum atomic E-state index is 0.453. The molecule has 408 valence electrons. The van der Waals surface area contributed by atoms with Gasteiger partial charge in [0.2, 0.25) is 11.8 Å². The van der Waals surface area contributed by atoms with Crippen LogP contribution in [-0.2, 0) is 0 Å². The number of para-hydroxylation sites is 1. The maximum Gasteiger partial charge on any atom is 0.248 e. The molecular formula is C70H83N3O5. The van der Waals surface area contributed by atoms with Crippen molar-refractivity contribution in [2.24, 2.45) is 0 Å². The summed E-state index contributed by atoms with van der Waals surface area (Å²) in [5.74, 6) is 4.35. The number of ether oxygens (including phenoxy) is 4. The molecule has 0 N–H and O–H groups in total. The van der Waals surface area contributed by atoms with E-state index < -0.39 is 0 Å². The molecular weight excluding hydrogens is 963 g/mol. The predicted molar refractivity (Wildman–Crippen MR) is 324 cm³/mol. The Hall–Kier alpha value is -7.32. The average Bonchev–Trinajstić information content (AvgIpc) is 3.98. The van der Waals surface area contributed by atoms with Gasteiger partial charge in [-0.15, -0.1) is 10.2 Å². The van der Waals surface area contributed by atoms with E-state index in [1.54, 1.807) is 0 Å². The monoisotopic (exact) mass is 1050 g/mol. The lowest BCUT2D eigenvalue weighted by atomic mass is 9.96. The molecule has 0 aliphatic rings. The summed E-state index contributed by atoms with van der Waals surface area (Å²) < 4.78 is 32.7. The number of aromatic nitrogens is 2. The van der Waals surface area contributed by atoms with Crippen molar-refractivity contribution in [3.05, 3.63) is 163 Å². The lowest BCUT2D eigenvalue weighted by Crippen LogP contribution is -2.09. The first kappa shape index (κ1) is 56.9. The van der Waals surface area contributed by atoms with E-state index in [-0.39, 0.29) is 0 Å². The van der Waals surface area contributed by atoms with Crippen LogP contribution in [0.4, 0.5) is 17.1 Å². The number of unbranched alkanes of at least 4 members (excludes halogenated alkanes) is 12. The Morgan fingerprint density at radius 3 is 1.09 bits per heavy atom. The number of aryl methyl sites for hydroxylation is 2. The number of anilines is 3. The molecule has 0 spiro atoms. The molecule has 0 radical (unpaired) electrons. The highest BCUT2D eigenvalue weighted by Crippen LogP contribution is 2.44. The van der Waals surface area contributed by atoms with Crippen molar-refractivity contribution >= 4 is 17.1 Å². The molecule has 0 aliphatic carbocycles. The summed E-state index contributed by atoms with van der Waals surface area (Å²) in [5.41, 5.74) is 13.4.